The van der Waals surface area contributed by atoms with Gasteiger partial charge >= 0.3 is 0 Å². The van der Waals surface area contributed by atoms with Crippen LogP contribution in [0.25, 0.3) is 0 Å². The van der Waals surface area contributed by atoms with Crippen LogP contribution in [0.3, 0.4) is 0 Å². The number of ether oxygens (including phenoxy) is 1. The van der Waals surface area contributed by atoms with E-state index in [1.807, 2.05) is 54.6 Å². The van der Waals surface area contributed by atoms with E-state index in [2.05, 4.69) is 5.32 Å². The summed E-state index contributed by atoms with van der Waals surface area (Å²) < 4.78 is 5.21. The van der Waals surface area contributed by atoms with E-state index in [9.17, 15) is 4.79 Å². The van der Waals surface area contributed by atoms with Crippen molar-refractivity contribution in [3.8, 4) is 0 Å². The molecular weight excluding hydrogens is 282 g/mol. The molecule has 0 unspecified atom stereocenters. The number of nitrogens with one attached hydrogen (secondary N) is 1. The molecule has 1 amide bonds. The molecule has 0 bridgehead atoms. The maximum Gasteiger partial charge on any atom is 0.256 e. The molecular formula is C17H19NO2S. The molecule has 0 aliphatic carbocycles. The first kappa shape index (κ1) is 15.6. The summed E-state index contributed by atoms with van der Waals surface area (Å²) in [6.45, 7) is 3.49. The summed E-state index contributed by atoms with van der Waals surface area (Å²) in [5, 5.41) is 2.94. The minimum absolute atomic E-state index is 0.161. The van der Waals surface area contributed by atoms with Crippen LogP contribution < -0.4 is 5.32 Å². The van der Waals surface area contributed by atoms with Crippen LogP contribution in [-0.4, -0.2) is 18.6 Å². The first-order valence-corrected chi connectivity index (χ1v) is 7.53. The second-order valence-electron chi connectivity index (χ2n) is 5.08. The van der Waals surface area contributed by atoms with Gasteiger partial charge in [0.05, 0.1) is 5.69 Å². The van der Waals surface area contributed by atoms with E-state index in [1.54, 1.807) is 25.6 Å². The molecule has 21 heavy (non-hydrogen) atoms. The van der Waals surface area contributed by atoms with Crippen molar-refractivity contribution in [2.45, 2.75) is 29.2 Å². The number of carbonyl (C=O) groups is 1. The van der Waals surface area contributed by atoms with Crippen molar-refractivity contribution < 1.29 is 9.53 Å². The van der Waals surface area contributed by atoms with Crippen LogP contribution in [0, 0.1) is 0 Å². The molecule has 0 saturated heterocycles. The maximum atomic E-state index is 12.2. The van der Waals surface area contributed by atoms with E-state index < -0.39 is 5.60 Å². The Hall–Kier alpha value is -1.78. The van der Waals surface area contributed by atoms with E-state index in [0.29, 0.717) is 0 Å². The van der Waals surface area contributed by atoms with E-state index in [-0.39, 0.29) is 5.91 Å². The number of rotatable bonds is 5. The van der Waals surface area contributed by atoms with Gasteiger partial charge in [-0.2, -0.15) is 0 Å². The number of hydrogen-bond acceptors (Lipinski definition) is 3. The van der Waals surface area contributed by atoms with Crippen LogP contribution >= 0.6 is 11.8 Å². The molecule has 110 valence electrons. The summed E-state index contributed by atoms with van der Waals surface area (Å²) in [7, 11) is 1.53. The molecule has 3 nitrogen and oxygen atoms in total. The standard InChI is InChI=1S/C17H19NO2S/c1-17(2,20-3)16(19)18-14-11-7-8-12-15(14)21-13-9-5-4-6-10-13/h4-12H,1-3H3,(H,18,19). The zero-order chi connectivity index (χ0) is 15.3. The van der Waals surface area contributed by atoms with Crippen LogP contribution in [0.1, 0.15) is 13.8 Å². The monoisotopic (exact) mass is 301 g/mol. The lowest BCUT2D eigenvalue weighted by molar-refractivity contribution is -0.133. The van der Waals surface area contributed by atoms with Crippen molar-refractivity contribution in [2.75, 3.05) is 12.4 Å². The Morgan fingerprint density at radius 3 is 2.33 bits per heavy atom. The number of benzene rings is 2. The number of para-hydroxylation sites is 1. The highest BCUT2D eigenvalue weighted by molar-refractivity contribution is 7.99. The average Bonchev–Trinajstić information content (AvgIpc) is 2.50. The van der Waals surface area contributed by atoms with E-state index in [1.165, 1.54) is 7.11 Å². The highest BCUT2D eigenvalue weighted by atomic mass is 32.2. The molecule has 2 aromatic rings. The summed E-state index contributed by atoms with van der Waals surface area (Å²) >= 11 is 1.62. The fraction of sp³-hybridized carbons (Fsp3) is 0.235. The lowest BCUT2D eigenvalue weighted by Crippen LogP contribution is -2.38. The Balaban J connectivity index is 2.20. The first-order valence-electron chi connectivity index (χ1n) is 6.71. The van der Waals surface area contributed by atoms with Crippen molar-refractivity contribution in [3.05, 3.63) is 54.6 Å². The van der Waals surface area contributed by atoms with Crippen molar-refractivity contribution in [1.82, 2.24) is 0 Å². The lowest BCUT2D eigenvalue weighted by atomic mass is 10.1. The number of hydrogen-bond donors (Lipinski definition) is 1. The van der Waals surface area contributed by atoms with Crippen LogP contribution in [0.4, 0.5) is 5.69 Å². The molecule has 0 aliphatic rings. The van der Waals surface area contributed by atoms with Gasteiger partial charge in [-0.1, -0.05) is 42.1 Å². The molecule has 0 aromatic heterocycles. The van der Waals surface area contributed by atoms with Gasteiger partial charge in [-0.25, -0.2) is 0 Å². The van der Waals surface area contributed by atoms with Crippen molar-refractivity contribution in [1.29, 1.82) is 0 Å². The SMILES string of the molecule is COC(C)(C)C(=O)Nc1ccccc1Sc1ccccc1. The topological polar surface area (TPSA) is 38.3 Å². The molecule has 4 heteroatoms. The molecule has 1 N–H and O–H groups in total. The van der Waals surface area contributed by atoms with E-state index in [4.69, 9.17) is 4.74 Å². The third-order valence-corrected chi connectivity index (χ3v) is 4.25. The van der Waals surface area contributed by atoms with Crippen molar-refractivity contribution in [3.63, 3.8) is 0 Å². The summed E-state index contributed by atoms with van der Waals surface area (Å²) in [5.74, 6) is -0.161. The third kappa shape index (κ3) is 4.09. The summed E-state index contributed by atoms with van der Waals surface area (Å²) in [6, 6.07) is 17.8. The Bertz CT molecular complexity index is 611. The second kappa shape index (κ2) is 6.78. The van der Waals surface area contributed by atoms with Gasteiger partial charge in [0.15, 0.2) is 0 Å². The van der Waals surface area contributed by atoms with Gasteiger partial charge in [0.1, 0.15) is 5.60 Å². The lowest BCUT2D eigenvalue weighted by Gasteiger charge is -2.22. The average molecular weight is 301 g/mol. The summed E-state index contributed by atoms with van der Waals surface area (Å²) in [5.41, 5.74) is -0.0636. The van der Waals surface area contributed by atoms with Gasteiger partial charge in [-0.05, 0) is 38.1 Å². The molecule has 0 radical (unpaired) electrons. The van der Waals surface area contributed by atoms with Gasteiger partial charge in [0.2, 0.25) is 0 Å². The zero-order valence-electron chi connectivity index (χ0n) is 12.4. The van der Waals surface area contributed by atoms with Crippen molar-refractivity contribution in [2.24, 2.45) is 0 Å². The molecule has 0 spiro atoms. The number of amides is 1. The van der Waals surface area contributed by atoms with Gasteiger partial charge in [-0.3, -0.25) is 4.79 Å². The van der Waals surface area contributed by atoms with Crippen LogP contribution in [0.5, 0.6) is 0 Å². The fourth-order valence-corrected chi connectivity index (χ4v) is 2.56. The Morgan fingerprint density at radius 2 is 1.67 bits per heavy atom. The highest BCUT2D eigenvalue weighted by Gasteiger charge is 2.27. The first-order chi connectivity index (χ1) is 10.0. The Labute approximate surface area is 129 Å². The van der Waals surface area contributed by atoms with Crippen molar-refractivity contribution >= 4 is 23.4 Å². The molecule has 2 rings (SSSR count). The zero-order valence-corrected chi connectivity index (χ0v) is 13.2. The number of methoxy groups -OCH3 is 1. The second-order valence-corrected chi connectivity index (χ2v) is 6.20. The number of carbonyl (C=O) groups excluding carboxylic acids is 1. The summed E-state index contributed by atoms with van der Waals surface area (Å²) in [6.07, 6.45) is 0. The minimum atomic E-state index is -0.857. The van der Waals surface area contributed by atoms with Crippen LogP contribution in [0.2, 0.25) is 0 Å². The van der Waals surface area contributed by atoms with Crippen LogP contribution in [-0.2, 0) is 9.53 Å². The maximum absolute atomic E-state index is 12.2. The highest BCUT2D eigenvalue weighted by Crippen LogP contribution is 2.33. The van der Waals surface area contributed by atoms with Gasteiger partial charge in [0, 0.05) is 16.9 Å². The molecule has 0 fully saturated rings. The molecule has 2 aromatic carbocycles. The summed E-state index contributed by atoms with van der Waals surface area (Å²) in [4.78, 5) is 14.4. The molecule has 0 atom stereocenters. The molecule has 0 saturated carbocycles. The largest absolute Gasteiger partial charge is 0.369 e. The quantitative estimate of drug-likeness (QED) is 0.899. The predicted molar refractivity (Wildman–Crippen MR) is 86.7 cm³/mol. The van der Waals surface area contributed by atoms with Gasteiger partial charge in [0.25, 0.3) is 5.91 Å². The van der Waals surface area contributed by atoms with Gasteiger partial charge < -0.3 is 10.1 Å². The fourth-order valence-electron chi connectivity index (χ4n) is 1.64. The number of anilines is 1. The predicted octanol–water partition coefficient (Wildman–Crippen LogP) is 4.20. The Kier molecular flexibility index (Phi) is 5.04. The van der Waals surface area contributed by atoms with E-state index in [0.717, 1.165) is 15.5 Å². The van der Waals surface area contributed by atoms with Crippen LogP contribution in [0.15, 0.2) is 64.4 Å². The molecule has 0 heterocycles. The van der Waals surface area contributed by atoms with Gasteiger partial charge in [-0.15, -0.1) is 0 Å². The normalized spacial score (nSPS) is 11.2. The smallest absolute Gasteiger partial charge is 0.256 e. The Morgan fingerprint density at radius 1 is 1.05 bits per heavy atom. The third-order valence-electron chi connectivity index (χ3n) is 3.16. The molecule has 0 aliphatic heterocycles. The minimum Gasteiger partial charge on any atom is -0.369 e. The van der Waals surface area contributed by atoms with E-state index >= 15 is 0 Å².